The molecule has 0 aliphatic heterocycles. The number of fused-ring (bicyclic) bond motifs is 1. The number of rotatable bonds is 5. The summed E-state index contributed by atoms with van der Waals surface area (Å²) >= 11 is 0. The molecule has 22 heavy (non-hydrogen) atoms. The summed E-state index contributed by atoms with van der Waals surface area (Å²) in [6.45, 7) is 2.64. The molecule has 0 amide bonds. The van der Waals surface area contributed by atoms with E-state index in [1.54, 1.807) is 6.21 Å². The smallest absolute Gasteiger partial charge is 0.146 e. The van der Waals surface area contributed by atoms with E-state index in [0.29, 0.717) is 6.61 Å². The molecule has 0 unspecified atom stereocenters. The van der Waals surface area contributed by atoms with Gasteiger partial charge in [-0.05, 0) is 55.0 Å². The van der Waals surface area contributed by atoms with Gasteiger partial charge in [-0.2, -0.15) is 5.10 Å². The average Bonchev–Trinajstić information content (AvgIpc) is 2.57. The highest BCUT2D eigenvalue weighted by Crippen LogP contribution is 2.14. The Hall–Kier alpha value is -2.88. The van der Waals surface area contributed by atoms with Gasteiger partial charge in [0.25, 0.3) is 0 Å². The monoisotopic (exact) mass is 291 g/mol. The Morgan fingerprint density at radius 3 is 2.68 bits per heavy atom. The fraction of sp³-hybridized carbons (Fsp3) is 0.111. The van der Waals surface area contributed by atoms with Crippen LogP contribution in [-0.4, -0.2) is 17.8 Å². The number of anilines is 1. The van der Waals surface area contributed by atoms with Crippen molar-refractivity contribution >= 4 is 22.9 Å². The summed E-state index contributed by atoms with van der Waals surface area (Å²) in [5.74, 6) is 1.59. The topological polar surface area (TPSA) is 46.5 Å². The first-order valence-electron chi connectivity index (χ1n) is 7.23. The van der Waals surface area contributed by atoms with Crippen molar-refractivity contribution in [3.63, 3.8) is 0 Å². The van der Waals surface area contributed by atoms with Crippen LogP contribution in [0.4, 0.5) is 5.82 Å². The highest BCUT2D eigenvalue weighted by Gasteiger charge is 1.96. The van der Waals surface area contributed by atoms with Gasteiger partial charge < -0.3 is 4.74 Å². The lowest BCUT2D eigenvalue weighted by atomic mass is 10.2. The largest absolute Gasteiger partial charge is 0.494 e. The predicted octanol–water partition coefficient (Wildman–Crippen LogP) is 4.08. The minimum Gasteiger partial charge on any atom is -0.494 e. The van der Waals surface area contributed by atoms with Crippen LogP contribution in [0.5, 0.6) is 5.75 Å². The van der Waals surface area contributed by atoms with Crippen molar-refractivity contribution in [1.82, 2.24) is 4.98 Å². The van der Waals surface area contributed by atoms with E-state index in [9.17, 15) is 0 Å². The second-order valence-electron chi connectivity index (χ2n) is 4.76. The molecule has 110 valence electrons. The van der Waals surface area contributed by atoms with Crippen molar-refractivity contribution in [2.45, 2.75) is 6.92 Å². The van der Waals surface area contributed by atoms with Gasteiger partial charge in [0.15, 0.2) is 0 Å². The molecule has 2 aromatic carbocycles. The summed E-state index contributed by atoms with van der Waals surface area (Å²) in [7, 11) is 0. The highest BCUT2D eigenvalue weighted by atomic mass is 16.5. The zero-order valence-electron chi connectivity index (χ0n) is 12.4. The summed E-state index contributed by atoms with van der Waals surface area (Å²) in [6, 6.07) is 19.7. The number of ether oxygens (including phenoxy) is 1. The summed E-state index contributed by atoms with van der Waals surface area (Å²) in [5, 5.41) is 5.33. The SMILES string of the molecule is CCOc1ccc(/C=N/Nc2ccc3ccccc3n2)cc1. The molecular weight excluding hydrogens is 274 g/mol. The molecule has 1 heterocycles. The molecule has 4 nitrogen and oxygen atoms in total. The zero-order valence-corrected chi connectivity index (χ0v) is 12.4. The van der Waals surface area contributed by atoms with Crippen LogP contribution in [0.1, 0.15) is 12.5 Å². The molecule has 0 aliphatic rings. The first-order chi connectivity index (χ1) is 10.8. The number of hydrogen-bond acceptors (Lipinski definition) is 4. The van der Waals surface area contributed by atoms with Gasteiger partial charge >= 0.3 is 0 Å². The second kappa shape index (κ2) is 6.72. The number of para-hydroxylation sites is 1. The third-order valence-electron chi connectivity index (χ3n) is 3.18. The molecule has 0 atom stereocenters. The Morgan fingerprint density at radius 2 is 1.86 bits per heavy atom. The standard InChI is InChI=1S/C18H17N3O/c1-2-22-16-10-7-14(8-11-16)13-19-21-18-12-9-15-5-3-4-6-17(15)20-18/h3-13H,2H2,1H3,(H,20,21)/b19-13+. The van der Waals surface area contributed by atoms with Gasteiger partial charge in [0.2, 0.25) is 0 Å². The minimum absolute atomic E-state index is 0.669. The number of nitrogens with zero attached hydrogens (tertiary/aromatic N) is 2. The summed E-state index contributed by atoms with van der Waals surface area (Å²) < 4.78 is 5.41. The maximum Gasteiger partial charge on any atom is 0.146 e. The molecule has 0 radical (unpaired) electrons. The van der Waals surface area contributed by atoms with E-state index in [4.69, 9.17) is 4.74 Å². The van der Waals surface area contributed by atoms with Crippen LogP contribution < -0.4 is 10.2 Å². The molecule has 3 rings (SSSR count). The predicted molar refractivity (Wildman–Crippen MR) is 90.6 cm³/mol. The Bertz CT molecular complexity index is 782. The molecule has 0 aliphatic carbocycles. The Labute approximate surface area is 129 Å². The van der Waals surface area contributed by atoms with E-state index in [1.807, 2.05) is 67.6 Å². The number of hydrazone groups is 1. The molecule has 0 bridgehead atoms. The van der Waals surface area contributed by atoms with Gasteiger partial charge in [-0.25, -0.2) is 4.98 Å². The number of pyridine rings is 1. The molecule has 0 saturated heterocycles. The van der Waals surface area contributed by atoms with Crippen molar-refractivity contribution in [3.05, 3.63) is 66.2 Å². The van der Waals surface area contributed by atoms with E-state index >= 15 is 0 Å². The molecule has 0 fully saturated rings. The van der Waals surface area contributed by atoms with Crippen LogP contribution in [0.15, 0.2) is 65.8 Å². The van der Waals surface area contributed by atoms with Gasteiger partial charge in [0.05, 0.1) is 18.3 Å². The highest BCUT2D eigenvalue weighted by molar-refractivity contribution is 5.81. The lowest BCUT2D eigenvalue weighted by Gasteiger charge is -2.03. The number of nitrogens with one attached hydrogen (secondary N) is 1. The van der Waals surface area contributed by atoms with E-state index in [-0.39, 0.29) is 0 Å². The van der Waals surface area contributed by atoms with Crippen molar-refractivity contribution in [2.75, 3.05) is 12.0 Å². The molecule has 0 saturated carbocycles. The lowest BCUT2D eigenvalue weighted by Crippen LogP contribution is -1.94. The van der Waals surface area contributed by atoms with Crippen LogP contribution in [0.25, 0.3) is 10.9 Å². The molecular formula is C18H17N3O. The first-order valence-corrected chi connectivity index (χ1v) is 7.23. The summed E-state index contributed by atoms with van der Waals surface area (Å²) in [6.07, 6.45) is 1.76. The quantitative estimate of drug-likeness (QED) is 0.569. The van der Waals surface area contributed by atoms with Crippen LogP contribution in [0, 0.1) is 0 Å². The van der Waals surface area contributed by atoms with Crippen molar-refractivity contribution in [2.24, 2.45) is 5.10 Å². The first kappa shape index (κ1) is 14.1. The zero-order chi connectivity index (χ0) is 15.2. The number of hydrogen-bond donors (Lipinski definition) is 1. The van der Waals surface area contributed by atoms with E-state index in [1.165, 1.54) is 0 Å². The fourth-order valence-electron chi connectivity index (χ4n) is 2.12. The van der Waals surface area contributed by atoms with Gasteiger partial charge in [-0.1, -0.05) is 18.2 Å². The van der Waals surface area contributed by atoms with Crippen molar-refractivity contribution < 1.29 is 4.74 Å². The molecule has 4 heteroatoms. The minimum atomic E-state index is 0.669. The second-order valence-corrected chi connectivity index (χ2v) is 4.76. The van der Waals surface area contributed by atoms with Crippen LogP contribution >= 0.6 is 0 Å². The lowest BCUT2D eigenvalue weighted by molar-refractivity contribution is 0.340. The maximum atomic E-state index is 5.41. The number of benzene rings is 2. The van der Waals surface area contributed by atoms with Gasteiger partial charge in [-0.3, -0.25) is 5.43 Å². The van der Waals surface area contributed by atoms with Gasteiger partial charge in [-0.15, -0.1) is 0 Å². The van der Waals surface area contributed by atoms with Crippen LogP contribution in [-0.2, 0) is 0 Å². The molecule has 0 spiro atoms. The molecule has 1 aromatic heterocycles. The maximum absolute atomic E-state index is 5.41. The fourth-order valence-corrected chi connectivity index (χ4v) is 2.12. The van der Waals surface area contributed by atoms with Crippen LogP contribution in [0.3, 0.4) is 0 Å². The number of aromatic nitrogens is 1. The Morgan fingerprint density at radius 1 is 1.05 bits per heavy atom. The third kappa shape index (κ3) is 3.41. The van der Waals surface area contributed by atoms with Crippen LogP contribution in [0.2, 0.25) is 0 Å². The van der Waals surface area contributed by atoms with Gasteiger partial charge in [0.1, 0.15) is 11.6 Å². The van der Waals surface area contributed by atoms with Crippen molar-refractivity contribution in [1.29, 1.82) is 0 Å². The summed E-state index contributed by atoms with van der Waals surface area (Å²) in [5.41, 5.74) is 4.90. The van der Waals surface area contributed by atoms with E-state index in [2.05, 4.69) is 15.5 Å². The third-order valence-corrected chi connectivity index (χ3v) is 3.18. The van der Waals surface area contributed by atoms with Gasteiger partial charge in [0, 0.05) is 5.39 Å². The average molecular weight is 291 g/mol. The Kier molecular flexibility index (Phi) is 4.30. The normalized spacial score (nSPS) is 11.0. The van der Waals surface area contributed by atoms with E-state index in [0.717, 1.165) is 28.0 Å². The van der Waals surface area contributed by atoms with Crippen molar-refractivity contribution in [3.8, 4) is 5.75 Å². The summed E-state index contributed by atoms with van der Waals surface area (Å²) in [4.78, 5) is 4.50. The Balaban J connectivity index is 1.67. The molecule has 1 N–H and O–H groups in total. The van der Waals surface area contributed by atoms with E-state index < -0.39 is 0 Å². The molecule has 3 aromatic rings.